The number of hydrogen-bond donors (Lipinski definition) is 1. The molecule has 1 heterocycles. The van der Waals surface area contributed by atoms with Gasteiger partial charge < -0.3 is 10.1 Å². The van der Waals surface area contributed by atoms with Crippen molar-refractivity contribution in [1.82, 2.24) is 5.32 Å². The van der Waals surface area contributed by atoms with Crippen LogP contribution in [0.2, 0.25) is 0 Å². The van der Waals surface area contributed by atoms with Crippen LogP contribution in [-0.2, 0) is 0 Å². The zero-order valence-corrected chi connectivity index (χ0v) is 7.41. The van der Waals surface area contributed by atoms with Crippen LogP contribution in [0, 0.1) is 23.3 Å². The zero-order valence-electron chi connectivity index (χ0n) is 8.41. The molecule has 0 aromatic heterocycles. The standard InChI is InChI=1S/C9H7F4NO/c10-5-1-6(11)8(13)9(7(5)12)15-4-2-14-3-4/h1,4,14H,2-3H2/i4D. The van der Waals surface area contributed by atoms with Crippen molar-refractivity contribution in [2.75, 3.05) is 13.1 Å². The molecule has 2 rings (SSSR count). The van der Waals surface area contributed by atoms with Crippen molar-refractivity contribution in [3.63, 3.8) is 0 Å². The van der Waals surface area contributed by atoms with Gasteiger partial charge in [-0.2, -0.15) is 8.78 Å². The molecule has 0 saturated carbocycles. The van der Waals surface area contributed by atoms with E-state index in [1.54, 1.807) is 0 Å². The van der Waals surface area contributed by atoms with E-state index in [0.717, 1.165) is 0 Å². The molecule has 0 aliphatic carbocycles. The number of hydrogen-bond acceptors (Lipinski definition) is 2. The van der Waals surface area contributed by atoms with E-state index in [1.807, 2.05) is 0 Å². The maximum Gasteiger partial charge on any atom is 0.203 e. The Hall–Kier alpha value is -1.30. The lowest BCUT2D eigenvalue weighted by Crippen LogP contribution is -2.50. The molecule has 1 aromatic carbocycles. The smallest absolute Gasteiger partial charge is 0.203 e. The number of nitrogens with one attached hydrogen (secondary N) is 1. The minimum absolute atomic E-state index is 0.0318. The van der Waals surface area contributed by atoms with Crippen molar-refractivity contribution in [2.45, 2.75) is 6.08 Å². The monoisotopic (exact) mass is 222 g/mol. The minimum Gasteiger partial charge on any atom is -0.482 e. The Balaban J connectivity index is 2.39. The molecule has 0 unspecified atom stereocenters. The van der Waals surface area contributed by atoms with Crippen LogP contribution >= 0.6 is 0 Å². The van der Waals surface area contributed by atoms with Crippen molar-refractivity contribution in [3.05, 3.63) is 29.3 Å². The number of benzene rings is 1. The molecule has 0 bridgehead atoms. The summed E-state index contributed by atoms with van der Waals surface area (Å²) in [7, 11) is 0. The maximum atomic E-state index is 13.1. The van der Waals surface area contributed by atoms with Gasteiger partial charge in [0.2, 0.25) is 11.6 Å². The summed E-state index contributed by atoms with van der Waals surface area (Å²) in [4.78, 5) is 0. The summed E-state index contributed by atoms with van der Waals surface area (Å²) >= 11 is 0. The van der Waals surface area contributed by atoms with E-state index < -0.39 is 35.1 Å². The number of rotatable bonds is 2. The van der Waals surface area contributed by atoms with Crippen LogP contribution in [0.15, 0.2) is 6.07 Å². The fourth-order valence-corrected chi connectivity index (χ4v) is 1.08. The Labute approximate surface area is 84.3 Å². The van der Waals surface area contributed by atoms with E-state index in [9.17, 15) is 17.6 Å². The molecule has 1 aliphatic rings. The normalized spacial score (nSPS) is 19.3. The molecule has 2 nitrogen and oxygen atoms in total. The van der Waals surface area contributed by atoms with Crippen molar-refractivity contribution in [3.8, 4) is 5.75 Å². The Morgan fingerprint density at radius 2 is 1.73 bits per heavy atom. The second-order valence-electron chi connectivity index (χ2n) is 3.04. The third kappa shape index (κ3) is 1.77. The summed E-state index contributed by atoms with van der Waals surface area (Å²) in [5, 5.41) is 2.65. The van der Waals surface area contributed by atoms with Gasteiger partial charge in [0.15, 0.2) is 17.4 Å². The van der Waals surface area contributed by atoms with E-state index in [1.165, 1.54) is 0 Å². The molecular formula is C9H7F4NO. The van der Waals surface area contributed by atoms with Crippen LogP contribution in [0.5, 0.6) is 5.75 Å². The first-order chi connectivity index (χ1) is 7.43. The lowest BCUT2D eigenvalue weighted by atomic mass is 10.2. The topological polar surface area (TPSA) is 21.3 Å². The van der Waals surface area contributed by atoms with Gasteiger partial charge in [0.1, 0.15) is 6.08 Å². The molecule has 0 amide bonds. The average Bonchev–Trinajstić information content (AvgIpc) is 2.19. The molecule has 15 heavy (non-hydrogen) atoms. The molecule has 6 heteroatoms. The lowest BCUT2D eigenvalue weighted by molar-refractivity contribution is 0.127. The van der Waals surface area contributed by atoms with Crippen molar-refractivity contribution in [2.24, 2.45) is 0 Å². The lowest BCUT2D eigenvalue weighted by Gasteiger charge is -2.28. The maximum absolute atomic E-state index is 13.1. The predicted molar refractivity (Wildman–Crippen MR) is 43.6 cm³/mol. The molecule has 1 N–H and O–H groups in total. The van der Waals surface area contributed by atoms with Gasteiger partial charge in [0, 0.05) is 19.2 Å². The van der Waals surface area contributed by atoms with Crippen molar-refractivity contribution >= 4 is 0 Å². The highest BCUT2D eigenvalue weighted by atomic mass is 19.2. The van der Waals surface area contributed by atoms with E-state index in [0.29, 0.717) is 0 Å². The largest absolute Gasteiger partial charge is 0.482 e. The van der Waals surface area contributed by atoms with Gasteiger partial charge in [-0.3, -0.25) is 0 Å². The van der Waals surface area contributed by atoms with Crippen LogP contribution in [-0.4, -0.2) is 19.2 Å². The summed E-state index contributed by atoms with van der Waals surface area (Å²) in [6.07, 6.45) is -1.58. The highest BCUT2D eigenvalue weighted by Crippen LogP contribution is 2.27. The Morgan fingerprint density at radius 1 is 1.20 bits per heavy atom. The third-order valence-electron chi connectivity index (χ3n) is 1.96. The second-order valence-corrected chi connectivity index (χ2v) is 3.04. The molecule has 1 aromatic rings. The Bertz CT molecular complexity index is 410. The van der Waals surface area contributed by atoms with E-state index >= 15 is 0 Å². The van der Waals surface area contributed by atoms with Gasteiger partial charge in [-0.05, 0) is 0 Å². The summed E-state index contributed by atoms with van der Waals surface area (Å²) < 4.78 is 63.9. The molecule has 1 fully saturated rings. The summed E-state index contributed by atoms with van der Waals surface area (Å²) in [6.45, 7) is 0.0635. The van der Waals surface area contributed by atoms with Gasteiger partial charge >= 0.3 is 0 Å². The minimum atomic E-state index is -1.63. The summed E-state index contributed by atoms with van der Waals surface area (Å²) in [6, 6.07) is 0.0904. The zero-order chi connectivity index (χ0) is 11.9. The van der Waals surface area contributed by atoms with Crippen LogP contribution in [0.25, 0.3) is 0 Å². The fourth-order valence-electron chi connectivity index (χ4n) is 1.08. The number of ether oxygens (including phenoxy) is 1. The van der Waals surface area contributed by atoms with Gasteiger partial charge in [0.05, 0.1) is 1.37 Å². The Kier molecular flexibility index (Phi) is 2.21. The average molecular weight is 222 g/mol. The van der Waals surface area contributed by atoms with Gasteiger partial charge in [-0.1, -0.05) is 0 Å². The molecule has 82 valence electrons. The molecule has 0 spiro atoms. The molecular weight excluding hydrogens is 214 g/mol. The van der Waals surface area contributed by atoms with Crippen LogP contribution in [0.4, 0.5) is 17.6 Å². The van der Waals surface area contributed by atoms with Crippen LogP contribution in [0.3, 0.4) is 0 Å². The second kappa shape index (κ2) is 3.69. The fraction of sp³-hybridized carbons (Fsp3) is 0.333. The first-order valence-electron chi connectivity index (χ1n) is 4.66. The Morgan fingerprint density at radius 3 is 2.13 bits per heavy atom. The molecule has 1 saturated heterocycles. The molecule has 0 radical (unpaired) electrons. The van der Waals surface area contributed by atoms with Gasteiger partial charge in [-0.15, -0.1) is 0 Å². The molecule has 0 atom stereocenters. The molecule has 1 aliphatic heterocycles. The first kappa shape index (κ1) is 8.96. The van der Waals surface area contributed by atoms with Crippen LogP contribution in [0.1, 0.15) is 1.37 Å². The highest BCUT2D eigenvalue weighted by Gasteiger charge is 2.26. The quantitative estimate of drug-likeness (QED) is 0.606. The van der Waals surface area contributed by atoms with Crippen molar-refractivity contribution < 1.29 is 23.7 Å². The van der Waals surface area contributed by atoms with Gasteiger partial charge in [0.25, 0.3) is 0 Å². The third-order valence-corrected chi connectivity index (χ3v) is 1.96. The van der Waals surface area contributed by atoms with E-state index in [-0.39, 0.29) is 19.2 Å². The van der Waals surface area contributed by atoms with Crippen molar-refractivity contribution in [1.29, 1.82) is 0 Å². The van der Waals surface area contributed by atoms with E-state index in [4.69, 9.17) is 1.37 Å². The first-order valence-corrected chi connectivity index (χ1v) is 4.16. The SMILES string of the molecule is [2H]C1(Oc2c(F)c(F)cc(F)c2F)CNC1. The summed E-state index contributed by atoms with van der Waals surface area (Å²) in [5.41, 5.74) is 0. The number of halogens is 4. The van der Waals surface area contributed by atoms with Crippen LogP contribution < -0.4 is 10.1 Å². The highest BCUT2D eigenvalue weighted by molar-refractivity contribution is 5.29. The predicted octanol–water partition coefficient (Wildman–Crippen LogP) is 1.59. The summed E-state index contributed by atoms with van der Waals surface area (Å²) in [5.74, 6) is -7.54. The van der Waals surface area contributed by atoms with E-state index in [2.05, 4.69) is 10.1 Å². The van der Waals surface area contributed by atoms with Gasteiger partial charge in [-0.25, -0.2) is 8.78 Å².